The van der Waals surface area contributed by atoms with Crippen LogP contribution in [0.2, 0.25) is 5.02 Å². The molecule has 6 heteroatoms. The molecule has 0 spiro atoms. The smallest absolute Gasteiger partial charge is 0.175 e. The molecule has 0 saturated heterocycles. The van der Waals surface area contributed by atoms with Crippen molar-refractivity contribution in [1.82, 2.24) is 25.5 Å². The molecule has 1 aromatic carbocycles. The van der Waals surface area contributed by atoms with Crippen molar-refractivity contribution in [3.63, 3.8) is 0 Å². The molecule has 0 aliphatic rings. The van der Waals surface area contributed by atoms with Crippen LogP contribution in [0.1, 0.15) is 30.7 Å². The van der Waals surface area contributed by atoms with Crippen LogP contribution in [0.5, 0.6) is 0 Å². The molecule has 1 aromatic heterocycles. The summed E-state index contributed by atoms with van der Waals surface area (Å²) in [5.74, 6) is 1.09. The van der Waals surface area contributed by atoms with Gasteiger partial charge < -0.3 is 5.32 Å². The molecule has 1 unspecified atom stereocenters. The van der Waals surface area contributed by atoms with Crippen LogP contribution in [-0.4, -0.2) is 33.3 Å². The first-order chi connectivity index (χ1) is 9.69. The molecule has 0 fully saturated rings. The van der Waals surface area contributed by atoms with Crippen LogP contribution in [-0.2, 0) is 13.5 Å². The van der Waals surface area contributed by atoms with E-state index in [9.17, 15) is 0 Å². The summed E-state index contributed by atoms with van der Waals surface area (Å²) in [5.41, 5.74) is 1.24. The normalized spacial score (nSPS) is 12.6. The highest BCUT2D eigenvalue weighted by molar-refractivity contribution is 6.30. The van der Waals surface area contributed by atoms with Gasteiger partial charge in [0.25, 0.3) is 0 Å². The van der Waals surface area contributed by atoms with Crippen molar-refractivity contribution in [3.8, 4) is 0 Å². The van der Waals surface area contributed by atoms with Crippen LogP contribution in [0.4, 0.5) is 0 Å². The summed E-state index contributed by atoms with van der Waals surface area (Å²) in [5, 5.41) is 16.4. The quantitative estimate of drug-likeness (QED) is 0.795. The lowest BCUT2D eigenvalue weighted by molar-refractivity contribution is 0.563. The highest BCUT2D eigenvalue weighted by Crippen LogP contribution is 2.21. The van der Waals surface area contributed by atoms with E-state index in [1.54, 1.807) is 7.05 Å². The van der Waals surface area contributed by atoms with Gasteiger partial charge in [-0.15, -0.1) is 10.2 Å². The second kappa shape index (κ2) is 7.36. The van der Waals surface area contributed by atoms with Crippen LogP contribution in [0, 0.1) is 0 Å². The van der Waals surface area contributed by atoms with Gasteiger partial charge in [-0.2, -0.15) is 4.80 Å². The molecule has 1 N–H and O–H groups in total. The predicted octanol–water partition coefficient (Wildman–Crippen LogP) is 2.19. The Labute approximate surface area is 124 Å². The van der Waals surface area contributed by atoms with Crippen LogP contribution < -0.4 is 5.32 Å². The van der Waals surface area contributed by atoms with Crippen molar-refractivity contribution in [2.75, 3.05) is 13.1 Å². The molecule has 2 aromatic rings. The molecule has 1 atom stereocenters. The first kappa shape index (κ1) is 14.9. The summed E-state index contributed by atoms with van der Waals surface area (Å²) < 4.78 is 0. The number of tetrazole rings is 1. The molecule has 0 radical (unpaired) electrons. The maximum absolute atomic E-state index is 5.95. The van der Waals surface area contributed by atoms with Gasteiger partial charge in [0, 0.05) is 23.9 Å². The monoisotopic (exact) mass is 293 g/mol. The number of aryl methyl sites for hydroxylation is 1. The Bertz CT molecular complexity index is 523. The summed E-state index contributed by atoms with van der Waals surface area (Å²) in [6, 6.07) is 7.98. The van der Waals surface area contributed by atoms with Crippen molar-refractivity contribution < 1.29 is 0 Å². The molecule has 108 valence electrons. The number of nitrogens with one attached hydrogen (secondary N) is 1. The molecule has 5 nitrogen and oxygen atoms in total. The van der Waals surface area contributed by atoms with Crippen LogP contribution >= 0.6 is 11.6 Å². The number of hydrogen-bond acceptors (Lipinski definition) is 4. The summed E-state index contributed by atoms with van der Waals surface area (Å²) >= 11 is 5.95. The minimum absolute atomic E-state index is 0.322. The molecule has 0 aliphatic carbocycles. The molecule has 0 bridgehead atoms. The van der Waals surface area contributed by atoms with E-state index in [0.29, 0.717) is 5.92 Å². The highest BCUT2D eigenvalue weighted by Gasteiger charge is 2.15. The fourth-order valence-electron chi connectivity index (χ4n) is 2.12. The van der Waals surface area contributed by atoms with Crippen molar-refractivity contribution in [3.05, 3.63) is 40.7 Å². The van der Waals surface area contributed by atoms with Crippen molar-refractivity contribution >= 4 is 11.6 Å². The topological polar surface area (TPSA) is 55.6 Å². The van der Waals surface area contributed by atoms with E-state index in [0.717, 1.165) is 36.8 Å². The summed E-state index contributed by atoms with van der Waals surface area (Å²) in [6.45, 7) is 4.07. The van der Waals surface area contributed by atoms with E-state index >= 15 is 0 Å². The Morgan fingerprint density at radius 3 is 2.65 bits per heavy atom. The SMILES string of the molecule is CCCNCC(Cc1nnn(C)n1)c1ccc(Cl)cc1. The number of halogens is 1. The zero-order chi connectivity index (χ0) is 14.4. The zero-order valence-corrected chi connectivity index (χ0v) is 12.6. The lowest BCUT2D eigenvalue weighted by Crippen LogP contribution is -2.24. The van der Waals surface area contributed by atoms with Crippen LogP contribution in [0.15, 0.2) is 24.3 Å². The second-order valence-corrected chi connectivity index (χ2v) is 5.29. The van der Waals surface area contributed by atoms with Gasteiger partial charge in [0.15, 0.2) is 5.82 Å². The molecular weight excluding hydrogens is 274 g/mol. The average Bonchev–Trinajstić information content (AvgIpc) is 2.84. The zero-order valence-electron chi connectivity index (χ0n) is 11.9. The van der Waals surface area contributed by atoms with Gasteiger partial charge in [0.05, 0.1) is 7.05 Å². The molecule has 0 aliphatic heterocycles. The Morgan fingerprint density at radius 2 is 2.05 bits per heavy atom. The van der Waals surface area contributed by atoms with Gasteiger partial charge in [-0.25, -0.2) is 0 Å². The summed E-state index contributed by atoms with van der Waals surface area (Å²) in [7, 11) is 1.78. The maximum atomic E-state index is 5.95. The first-order valence-corrected chi connectivity index (χ1v) is 7.26. The Hall–Kier alpha value is -1.46. The summed E-state index contributed by atoms with van der Waals surface area (Å²) in [4.78, 5) is 1.49. The van der Waals surface area contributed by atoms with Crippen molar-refractivity contribution in [2.24, 2.45) is 7.05 Å². The van der Waals surface area contributed by atoms with Gasteiger partial charge in [0.1, 0.15) is 0 Å². The standard InChI is InChI=1S/C14H20ClN5/c1-3-8-16-10-12(9-14-17-19-20(2)18-14)11-4-6-13(15)7-5-11/h4-7,12,16H,3,8-10H2,1-2H3. The van der Waals surface area contributed by atoms with Gasteiger partial charge in [-0.3, -0.25) is 0 Å². The van der Waals surface area contributed by atoms with E-state index in [2.05, 4.69) is 39.8 Å². The minimum Gasteiger partial charge on any atom is -0.316 e. The molecule has 2 rings (SSSR count). The van der Waals surface area contributed by atoms with Gasteiger partial charge in [0.2, 0.25) is 0 Å². The average molecular weight is 294 g/mol. The number of hydrogen-bond donors (Lipinski definition) is 1. The molecule has 0 amide bonds. The molecule has 1 heterocycles. The van der Waals surface area contributed by atoms with E-state index in [4.69, 9.17) is 11.6 Å². The Kier molecular flexibility index (Phi) is 5.49. The molecule has 0 saturated carbocycles. The molecule has 20 heavy (non-hydrogen) atoms. The third-order valence-electron chi connectivity index (χ3n) is 3.14. The van der Waals surface area contributed by atoms with Crippen molar-refractivity contribution in [1.29, 1.82) is 0 Å². The Morgan fingerprint density at radius 1 is 1.30 bits per heavy atom. The predicted molar refractivity (Wildman–Crippen MR) is 79.9 cm³/mol. The van der Waals surface area contributed by atoms with E-state index in [1.807, 2.05) is 12.1 Å². The van der Waals surface area contributed by atoms with Gasteiger partial charge in [-0.1, -0.05) is 30.7 Å². The van der Waals surface area contributed by atoms with E-state index in [-0.39, 0.29) is 0 Å². The third-order valence-corrected chi connectivity index (χ3v) is 3.39. The van der Waals surface area contributed by atoms with Gasteiger partial charge in [-0.05, 0) is 35.9 Å². The summed E-state index contributed by atoms with van der Waals surface area (Å²) in [6.07, 6.45) is 1.89. The number of benzene rings is 1. The van der Waals surface area contributed by atoms with Crippen molar-refractivity contribution in [2.45, 2.75) is 25.7 Å². The maximum Gasteiger partial charge on any atom is 0.175 e. The number of aromatic nitrogens is 4. The minimum atomic E-state index is 0.322. The van der Waals surface area contributed by atoms with Gasteiger partial charge >= 0.3 is 0 Å². The highest BCUT2D eigenvalue weighted by atomic mass is 35.5. The fraction of sp³-hybridized carbons (Fsp3) is 0.500. The number of rotatable bonds is 7. The van der Waals surface area contributed by atoms with Crippen LogP contribution in [0.25, 0.3) is 0 Å². The van der Waals surface area contributed by atoms with E-state index in [1.165, 1.54) is 10.4 Å². The largest absolute Gasteiger partial charge is 0.316 e. The number of nitrogens with zero attached hydrogens (tertiary/aromatic N) is 4. The fourth-order valence-corrected chi connectivity index (χ4v) is 2.25. The second-order valence-electron chi connectivity index (χ2n) is 4.85. The van der Waals surface area contributed by atoms with E-state index < -0.39 is 0 Å². The lowest BCUT2D eigenvalue weighted by Gasteiger charge is -2.16. The third kappa shape index (κ3) is 4.28. The lowest BCUT2D eigenvalue weighted by atomic mass is 9.95. The van der Waals surface area contributed by atoms with Crippen LogP contribution in [0.3, 0.4) is 0 Å². The Balaban J connectivity index is 2.09. The molecular formula is C14H20ClN5. The first-order valence-electron chi connectivity index (χ1n) is 6.88.